The maximum absolute atomic E-state index is 7.32. The summed E-state index contributed by atoms with van der Waals surface area (Å²) in [5.41, 5.74) is 0.319. The smallest absolute Gasteiger partial charge is 0.261 e. The van der Waals surface area contributed by atoms with Crippen molar-refractivity contribution in [2.45, 2.75) is 141 Å². The first-order chi connectivity index (χ1) is 20.2. The van der Waals surface area contributed by atoms with Crippen molar-refractivity contribution in [3.8, 4) is 0 Å². The fourth-order valence-electron chi connectivity index (χ4n) is 8.08. The van der Waals surface area contributed by atoms with Gasteiger partial charge in [-0.15, -0.1) is 0 Å². The van der Waals surface area contributed by atoms with E-state index in [0.29, 0.717) is 17.5 Å². The molecule has 1 saturated heterocycles. The van der Waals surface area contributed by atoms with E-state index in [1.807, 2.05) is 0 Å². The summed E-state index contributed by atoms with van der Waals surface area (Å²) in [7, 11) is -4.14. The lowest BCUT2D eigenvalue weighted by molar-refractivity contribution is 0.103. The van der Waals surface area contributed by atoms with Crippen molar-refractivity contribution in [2.24, 2.45) is 11.8 Å². The molecule has 2 aliphatic rings. The van der Waals surface area contributed by atoms with Crippen LogP contribution < -0.4 is 15.7 Å². The molecule has 1 aliphatic heterocycles. The van der Waals surface area contributed by atoms with Gasteiger partial charge in [-0.1, -0.05) is 122 Å². The first kappa shape index (κ1) is 34.6. The second kappa shape index (κ2) is 14.0. The van der Waals surface area contributed by atoms with Crippen LogP contribution in [0, 0.1) is 11.8 Å². The molecule has 4 rings (SSSR count). The Morgan fingerprint density at radius 3 is 1.88 bits per heavy atom. The van der Waals surface area contributed by atoms with E-state index >= 15 is 0 Å². The van der Waals surface area contributed by atoms with Crippen molar-refractivity contribution in [2.75, 3.05) is 13.2 Å². The second-order valence-corrected chi connectivity index (χ2v) is 25.5. The predicted molar refractivity (Wildman–Crippen MR) is 191 cm³/mol. The zero-order valence-corrected chi connectivity index (χ0v) is 31.1. The first-order valence-corrected chi connectivity index (χ1v) is 22.2. The van der Waals surface area contributed by atoms with Gasteiger partial charge in [-0.2, -0.15) is 0 Å². The number of rotatable bonds is 12. The predicted octanol–water partition coefficient (Wildman–Crippen LogP) is 9.07. The molecule has 1 aliphatic carbocycles. The van der Waals surface area contributed by atoms with Gasteiger partial charge in [-0.3, -0.25) is 0 Å². The third-order valence-corrected chi connectivity index (χ3v) is 21.1. The molecule has 3 nitrogen and oxygen atoms in total. The molecule has 43 heavy (non-hydrogen) atoms. The van der Waals surface area contributed by atoms with Crippen LogP contribution in [-0.2, 0) is 8.85 Å². The third kappa shape index (κ3) is 7.77. The topological polar surface area (TPSA) is 30.5 Å². The minimum absolute atomic E-state index is 0.0277. The molecule has 2 aromatic carbocycles. The molecule has 0 bridgehead atoms. The average molecular weight is 622 g/mol. The second-order valence-electron chi connectivity index (χ2n) is 16.4. The average Bonchev–Trinajstić information content (AvgIpc) is 3.35. The summed E-state index contributed by atoms with van der Waals surface area (Å²) in [5.74, 6) is 1.38. The zero-order chi connectivity index (χ0) is 31.4. The molecule has 0 aromatic heterocycles. The summed E-state index contributed by atoms with van der Waals surface area (Å²) >= 11 is 0. The Labute approximate surface area is 267 Å². The highest BCUT2D eigenvalue weighted by Gasteiger charge is 2.51. The Balaban J connectivity index is 1.40. The quantitative estimate of drug-likeness (QED) is 0.189. The van der Waals surface area contributed by atoms with Gasteiger partial charge in [0.25, 0.3) is 8.32 Å². The number of hydrogen-bond acceptors (Lipinski definition) is 3. The highest BCUT2D eigenvalue weighted by molar-refractivity contribution is 6.99. The van der Waals surface area contributed by atoms with Crippen LogP contribution in [0.1, 0.15) is 106 Å². The van der Waals surface area contributed by atoms with E-state index in [9.17, 15) is 0 Å². The first-order valence-electron chi connectivity index (χ1n) is 17.4. The molecule has 1 heterocycles. The Bertz CT molecular complexity index is 1080. The Morgan fingerprint density at radius 1 is 0.791 bits per heavy atom. The molecule has 0 radical (unpaired) electrons. The number of nitrogens with one attached hydrogen (secondary N) is 1. The maximum Gasteiger partial charge on any atom is 0.261 e. The highest BCUT2D eigenvalue weighted by Crippen LogP contribution is 2.47. The van der Waals surface area contributed by atoms with Gasteiger partial charge >= 0.3 is 0 Å². The summed E-state index contributed by atoms with van der Waals surface area (Å²) in [6.45, 7) is 23.2. The van der Waals surface area contributed by atoms with E-state index in [2.05, 4.69) is 128 Å². The molecule has 1 N–H and O–H groups in total. The van der Waals surface area contributed by atoms with Crippen LogP contribution in [0.2, 0.25) is 23.2 Å². The van der Waals surface area contributed by atoms with Gasteiger partial charge < -0.3 is 14.2 Å². The molecule has 240 valence electrons. The fraction of sp³-hybridized carbons (Fsp3) is 0.684. The lowest BCUT2D eigenvalue weighted by Crippen LogP contribution is -2.66. The van der Waals surface area contributed by atoms with Crippen molar-refractivity contribution in [1.82, 2.24) is 5.32 Å². The van der Waals surface area contributed by atoms with Crippen molar-refractivity contribution in [3.05, 3.63) is 60.7 Å². The molecule has 5 heteroatoms. The number of hydrogen-bond donors (Lipinski definition) is 1. The van der Waals surface area contributed by atoms with Gasteiger partial charge in [0.1, 0.15) is 0 Å². The van der Waals surface area contributed by atoms with Crippen LogP contribution in [-0.4, -0.2) is 41.4 Å². The highest BCUT2D eigenvalue weighted by atomic mass is 28.4. The molecule has 2 aromatic rings. The summed E-state index contributed by atoms with van der Waals surface area (Å²) in [5, 5.41) is 7.37. The van der Waals surface area contributed by atoms with E-state index in [0.717, 1.165) is 25.6 Å². The Hall–Kier alpha value is -1.25. The van der Waals surface area contributed by atoms with E-state index in [-0.39, 0.29) is 10.1 Å². The summed E-state index contributed by atoms with van der Waals surface area (Å²) < 4.78 is 13.8. The summed E-state index contributed by atoms with van der Waals surface area (Å²) in [4.78, 5) is 0. The maximum atomic E-state index is 7.32. The molecule has 0 unspecified atom stereocenters. The van der Waals surface area contributed by atoms with Crippen molar-refractivity contribution >= 4 is 27.0 Å². The standard InChI is InChI=1S/C38H63NO2Si2/c1-31(26-30-41-43(37(5,6)7,33-21-12-10-13-22-33)34-23-14-11-15-24-34)35-25-17-28-38(35)27-16-19-32(39-38)20-18-29-40-42(8,9)36(2,3)4/h10-15,21-24,31-32,35,39H,16-20,25-30H2,1-9H3/t31-,32+,35+,38+/m0/s1. The fourth-order valence-corrected chi connectivity index (χ4v) is 13.8. The van der Waals surface area contributed by atoms with E-state index in [1.54, 1.807) is 0 Å². The lowest BCUT2D eigenvalue weighted by atomic mass is 9.72. The molecular weight excluding hydrogens is 559 g/mol. The van der Waals surface area contributed by atoms with Crippen molar-refractivity contribution in [1.29, 1.82) is 0 Å². The van der Waals surface area contributed by atoms with Crippen molar-refractivity contribution in [3.63, 3.8) is 0 Å². The number of piperidine rings is 1. The normalized spacial score (nSPS) is 24.4. The minimum atomic E-state index is -2.48. The van der Waals surface area contributed by atoms with Crippen LogP contribution >= 0.6 is 0 Å². The monoisotopic (exact) mass is 621 g/mol. The summed E-state index contributed by atoms with van der Waals surface area (Å²) in [6.07, 6.45) is 11.6. The van der Waals surface area contributed by atoms with E-state index < -0.39 is 16.6 Å². The lowest BCUT2D eigenvalue weighted by Gasteiger charge is -2.47. The van der Waals surface area contributed by atoms with Crippen LogP contribution in [0.5, 0.6) is 0 Å². The molecule has 4 atom stereocenters. The van der Waals surface area contributed by atoms with Gasteiger partial charge in [-0.25, -0.2) is 0 Å². The Morgan fingerprint density at radius 2 is 1.35 bits per heavy atom. The molecule has 2 fully saturated rings. The molecular formula is C38H63NO2Si2. The van der Waals surface area contributed by atoms with Gasteiger partial charge in [-0.05, 0) is 90.3 Å². The Kier molecular flexibility index (Phi) is 11.3. The van der Waals surface area contributed by atoms with Crippen LogP contribution in [0.3, 0.4) is 0 Å². The van der Waals surface area contributed by atoms with Gasteiger partial charge in [0.05, 0.1) is 0 Å². The molecule has 1 saturated carbocycles. The SMILES string of the molecule is C[C@@H](CCO[Si](c1ccccc1)(c1ccccc1)C(C)(C)C)[C@H]1CCC[C@]12CCC[C@H](CCCO[Si](C)(C)C(C)(C)C)N2. The minimum Gasteiger partial charge on any atom is -0.417 e. The van der Waals surface area contributed by atoms with Gasteiger partial charge in [0.2, 0.25) is 0 Å². The largest absolute Gasteiger partial charge is 0.417 e. The van der Waals surface area contributed by atoms with E-state index in [1.165, 1.54) is 61.7 Å². The number of benzene rings is 2. The van der Waals surface area contributed by atoms with E-state index in [4.69, 9.17) is 8.85 Å². The van der Waals surface area contributed by atoms with Gasteiger partial charge in [0.15, 0.2) is 8.32 Å². The zero-order valence-electron chi connectivity index (χ0n) is 29.1. The molecule has 0 amide bonds. The summed E-state index contributed by atoms with van der Waals surface area (Å²) in [6, 6.07) is 22.9. The molecule has 1 spiro atoms. The third-order valence-electron chi connectivity index (χ3n) is 11.5. The van der Waals surface area contributed by atoms with Crippen LogP contribution in [0.25, 0.3) is 0 Å². The van der Waals surface area contributed by atoms with Gasteiger partial charge in [0, 0.05) is 24.8 Å². The van der Waals surface area contributed by atoms with Crippen LogP contribution in [0.4, 0.5) is 0 Å². The van der Waals surface area contributed by atoms with Crippen molar-refractivity contribution < 1.29 is 8.85 Å². The van der Waals surface area contributed by atoms with Crippen LogP contribution in [0.15, 0.2) is 60.7 Å².